The van der Waals surface area contributed by atoms with Gasteiger partial charge in [-0.2, -0.15) is 0 Å². The number of benzene rings is 1. The van der Waals surface area contributed by atoms with Gasteiger partial charge in [0, 0.05) is 44.2 Å². The Balaban J connectivity index is 1.34. The molecule has 2 aliphatic heterocycles. The number of carbonyl (C=O) groups is 1. The predicted molar refractivity (Wildman–Crippen MR) is 128 cm³/mol. The van der Waals surface area contributed by atoms with Crippen LogP contribution >= 0.6 is 0 Å². The Kier molecular flexibility index (Phi) is 7.90. The number of hydrogen-bond donors (Lipinski definition) is 2. The van der Waals surface area contributed by atoms with Crippen LogP contribution in [0.15, 0.2) is 29.3 Å². The van der Waals surface area contributed by atoms with Crippen molar-refractivity contribution >= 4 is 11.9 Å². The minimum absolute atomic E-state index is 0.233. The summed E-state index contributed by atoms with van der Waals surface area (Å²) in [4.78, 5) is 21.8. The van der Waals surface area contributed by atoms with Crippen molar-refractivity contribution in [2.24, 2.45) is 10.9 Å². The van der Waals surface area contributed by atoms with Crippen LogP contribution in [0.5, 0.6) is 5.75 Å². The highest BCUT2D eigenvalue weighted by atomic mass is 16.5. The largest absolute Gasteiger partial charge is 0.496 e. The molecular formula is C25H39N5O2. The Bertz CT molecular complexity index is 786. The van der Waals surface area contributed by atoms with Gasteiger partial charge >= 0.3 is 0 Å². The SMILES string of the molecule is CN=C(NCC(c1ccccc1OC)N1CCCC1)NC1CCN(C(=O)C2CCCC2)C1. The molecule has 1 aliphatic carbocycles. The van der Waals surface area contributed by atoms with Crippen molar-refractivity contribution in [2.75, 3.05) is 46.9 Å². The molecule has 2 N–H and O–H groups in total. The summed E-state index contributed by atoms with van der Waals surface area (Å²) in [6, 6.07) is 8.81. The third kappa shape index (κ3) is 5.37. The molecule has 3 fully saturated rings. The van der Waals surface area contributed by atoms with Gasteiger partial charge in [-0.3, -0.25) is 14.7 Å². The van der Waals surface area contributed by atoms with Gasteiger partial charge in [0.25, 0.3) is 0 Å². The lowest BCUT2D eigenvalue weighted by atomic mass is 10.0. The summed E-state index contributed by atoms with van der Waals surface area (Å²) in [5.41, 5.74) is 1.22. The van der Waals surface area contributed by atoms with E-state index in [1.54, 1.807) is 7.11 Å². The highest BCUT2D eigenvalue weighted by molar-refractivity contribution is 5.81. The molecule has 176 valence electrons. The number of aliphatic imine (C=N–C) groups is 1. The monoisotopic (exact) mass is 441 g/mol. The lowest BCUT2D eigenvalue weighted by Crippen LogP contribution is -2.47. The summed E-state index contributed by atoms with van der Waals surface area (Å²) in [7, 11) is 3.56. The second-order valence-electron chi connectivity index (χ2n) is 9.35. The molecule has 0 spiro atoms. The minimum Gasteiger partial charge on any atom is -0.496 e. The zero-order chi connectivity index (χ0) is 22.3. The Morgan fingerprint density at radius 3 is 2.59 bits per heavy atom. The molecule has 3 aliphatic rings. The number of hydrogen-bond acceptors (Lipinski definition) is 4. The number of likely N-dealkylation sites (tertiary alicyclic amines) is 2. The van der Waals surface area contributed by atoms with Crippen molar-refractivity contribution in [3.8, 4) is 5.75 Å². The van der Waals surface area contributed by atoms with Crippen LogP contribution in [-0.4, -0.2) is 74.6 Å². The third-order valence-corrected chi connectivity index (χ3v) is 7.31. The minimum atomic E-state index is 0.233. The lowest BCUT2D eigenvalue weighted by Gasteiger charge is -2.30. The van der Waals surface area contributed by atoms with Crippen LogP contribution in [0.4, 0.5) is 0 Å². The summed E-state index contributed by atoms with van der Waals surface area (Å²) in [5.74, 6) is 2.36. The van der Waals surface area contributed by atoms with Gasteiger partial charge in [0.05, 0.1) is 13.2 Å². The first-order valence-electron chi connectivity index (χ1n) is 12.3. The molecule has 2 atom stereocenters. The van der Waals surface area contributed by atoms with Crippen molar-refractivity contribution in [2.45, 2.75) is 57.0 Å². The van der Waals surface area contributed by atoms with Crippen molar-refractivity contribution in [1.82, 2.24) is 20.4 Å². The van der Waals surface area contributed by atoms with Crippen LogP contribution in [0, 0.1) is 5.92 Å². The first-order valence-corrected chi connectivity index (χ1v) is 12.3. The Labute approximate surface area is 192 Å². The highest BCUT2D eigenvalue weighted by Crippen LogP contribution is 2.31. The van der Waals surface area contributed by atoms with Gasteiger partial charge in [-0.1, -0.05) is 31.0 Å². The topological polar surface area (TPSA) is 69.2 Å². The number of ether oxygens (including phenoxy) is 1. The summed E-state index contributed by atoms with van der Waals surface area (Å²) < 4.78 is 5.67. The van der Waals surface area contributed by atoms with E-state index < -0.39 is 0 Å². The molecular weight excluding hydrogens is 402 g/mol. The van der Waals surface area contributed by atoms with E-state index in [1.165, 1.54) is 31.2 Å². The molecule has 2 unspecified atom stereocenters. The van der Waals surface area contributed by atoms with Gasteiger partial charge in [0.2, 0.25) is 5.91 Å². The van der Waals surface area contributed by atoms with E-state index >= 15 is 0 Å². The standard InChI is InChI=1S/C25H39N5O2/c1-26-25(28-20-13-16-30(18-20)24(31)19-9-3-4-10-19)27-17-22(29-14-7-8-15-29)21-11-5-6-12-23(21)32-2/h5-6,11-12,19-20,22H,3-4,7-10,13-18H2,1-2H3,(H2,26,27,28). The Morgan fingerprint density at radius 1 is 1.12 bits per heavy atom. The zero-order valence-corrected chi connectivity index (χ0v) is 19.7. The van der Waals surface area contributed by atoms with E-state index in [1.807, 2.05) is 19.2 Å². The third-order valence-electron chi connectivity index (χ3n) is 7.31. The summed E-state index contributed by atoms with van der Waals surface area (Å²) >= 11 is 0. The van der Waals surface area contributed by atoms with E-state index in [4.69, 9.17) is 4.74 Å². The van der Waals surface area contributed by atoms with Gasteiger partial charge in [-0.25, -0.2) is 0 Å². The van der Waals surface area contributed by atoms with Crippen molar-refractivity contribution in [3.63, 3.8) is 0 Å². The number of para-hydroxylation sites is 1. The summed E-state index contributed by atoms with van der Waals surface area (Å²) in [6.07, 6.45) is 7.99. The smallest absolute Gasteiger partial charge is 0.225 e. The molecule has 7 heteroatoms. The second-order valence-corrected chi connectivity index (χ2v) is 9.35. The van der Waals surface area contributed by atoms with Crippen molar-refractivity contribution in [1.29, 1.82) is 0 Å². The molecule has 7 nitrogen and oxygen atoms in total. The van der Waals surface area contributed by atoms with E-state index in [9.17, 15) is 4.79 Å². The Morgan fingerprint density at radius 2 is 1.88 bits per heavy atom. The number of nitrogens with one attached hydrogen (secondary N) is 2. The van der Waals surface area contributed by atoms with Gasteiger partial charge in [-0.15, -0.1) is 0 Å². The first-order chi connectivity index (χ1) is 15.7. The van der Waals surface area contributed by atoms with Gasteiger partial charge in [0.15, 0.2) is 5.96 Å². The van der Waals surface area contributed by atoms with Gasteiger partial charge < -0.3 is 20.3 Å². The maximum Gasteiger partial charge on any atom is 0.225 e. The van der Waals surface area contributed by atoms with E-state index in [0.717, 1.165) is 63.7 Å². The molecule has 2 saturated heterocycles. The van der Waals surface area contributed by atoms with E-state index in [2.05, 4.69) is 37.6 Å². The van der Waals surface area contributed by atoms with Crippen LogP contribution in [-0.2, 0) is 4.79 Å². The second kappa shape index (κ2) is 11.0. The highest BCUT2D eigenvalue weighted by Gasteiger charge is 2.33. The van der Waals surface area contributed by atoms with Crippen molar-refractivity contribution in [3.05, 3.63) is 29.8 Å². The normalized spacial score (nSPS) is 23.5. The molecule has 1 saturated carbocycles. The van der Waals surface area contributed by atoms with Gasteiger partial charge in [-0.05, 0) is 51.3 Å². The van der Waals surface area contributed by atoms with Crippen LogP contribution < -0.4 is 15.4 Å². The van der Waals surface area contributed by atoms with Crippen LogP contribution in [0.25, 0.3) is 0 Å². The zero-order valence-electron chi connectivity index (χ0n) is 19.7. The predicted octanol–water partition coefficient (Wildman–Crippen LogP) is 2.79. The van der Waals surface area contributed by atoms with Crippen LogP contribution in [0.2, 0.25) is 0 Å². The molecule has 0 aromatic heterocycles. The van der Waals surface area contributed by atoms with Crippen LogP contribution in [0.1, 0.15) is 56.6 Å². The summed E-state index contributed by atoms with van der Waals surface area (Å²) in [5, 5.41) is 7.12. The number of nitrogens with zero attached hydrogens (tertiary/aromatic N) is 3. The number of rotatable bonds is 7. The average Bonchev–Trinajstić information content (AvgIpc) is 3.61. The molecule has 0 bridgehead atoms. The molecule has 1 aromatic rings. The number of methoxy groups -OCH3 is 1. The fraction of sp³-hybridized carbons (Fsp3) is 0.680. The fourth-order valence-electron chi connectivity index (χ4n) is 5.52. The molecule has 1 amide bonds. The quantitative estimate of drug-likeness (QED) is 0.503. The van der Waals surface area contributed by atoms with E-state index in [-0.39, 0.29) is 18.0 Å². The number of amides is 1. The molecule has 2 heterocycles. The molecule has 32 heavy (non-hydrogen) atoms. The van der Waals surface area contributed by atoms with E-state index in [0.29, 0.717) is 5.91 Å². The van der Waals surface area contributed by atoms with Crippen LogP contribution in [0.3, 0.4) is 0 Å². The Hall–Kier alpha value is -2.28. The number of guanidine groups is 1. The summed E-state index contributed by atoms with van der Waals surface area (Å²) in [6.45, 7) is 4.60. The molecule has 1 aromatic carbocycles. The lowest BCUT2D eigenvalue weighted by molar-refractivity contribution is -0.134. The van der Waals surface area contributed by atoms with Gasteiger partial charge in [0.1, 0.15) is 5.75 Å². The molecule has 0 radical (unpaired) electrons. The average molecular weight is 442 g/mol. The first kappa shape index (κ1) is 22.9. The fourth-order valence-corrected chi connectivity index (χ4v) is 5.52. The number of carbonyl (C=O) groups excluding carboxylic acids is 1. The van der Waals surface area contributed by atoms with Crippen molar-refractivity contribution < 1.29 is 9.53 Å². The maximum atomic E-state index is 12.8. The maximum absolute atomic E-state index is 12.8. The molecule has 4 rings (SSSR count).